The second-order valence-electron chi connectivity index (χ2n) is 0.428. The van der Waals surface area contributed by atoms with Gasteiger partial charge in [-0.15, -0.1) is 0 Å². The Morgan fingerprint density at radius 3 is 1.25 bits per heavy atom. The van der Waals surface area contributed by atoms with Crippen LogP contribution in [0.1, 0.15) is 0 Å². The van der Waals surface area contributed by atoms with E-state index in [4.69, 9.17) is 17.5 Å². The van der Waals surface area contributed by atoms with Gasteiger partial charge in [-0.3, -0.25) is 4.55 Å². The van der Waals surface area contributed by atoms with E-state index in [0.717, 1.165) is 0 Å². The third-order valence-electron chi connectivity index (χ3n) is 0. The van der Waals surface area contributed by atoms with E-state index in [-0.39, 0.29) is 33.4 Å². The molecule has 0 heterocycles. The molecule has 0 fully saturated rings. The fourth-order valence-corrected chi connectivity index (χ4v) is 0. The van der Waals surface area contributed by atoms with E-state index in [9.17, 15) is 0 Å². The monoisotopic (exact) mass is 326 g/mol. The Balaban J connectivity index is -0.0000000267. The van der Waals surface area contributed by atoms with Crippen molar-refractivity contribution < 1.29 is 38.6 Å². The predicted molar refractivity (Wildman–Crippen MR) is 22.4 cm³/mol. The Morgan fingerprint density at radius 1 is 1.25 bits per heavy atom. The van der Waals surface area contributed by atoms with Gasteiger partial charge in [0.1, 0.15) is 0 Å². The van der Waals surface area contributed by atoms with E-state index in [0.29, 0.717) is 0 Å². The van der Waals surface area contributed by atoms with Gasteiger partial charge in [-0.25, -0.2) is 8.42 Å². The Labute approximate surface area is 61.7 Å². The third-order valence-corrected chi connectivity index (χ3v) is 0. The van der Waals surface area contributed by atoms with Crippen LogP contribution in [0, 0.1) is 0 Å². The number of rotatable bonds is 0. The first-order valence-corrected chi connectivity index (χ1v) is 2.05. The van der Waals surface area contributed by atoms with Crippen LogP contribution in [0.5, 0.6) is 0 Å². The smallest absolute Gasteiger partial charge is 0.215 e. The van der Waals surface area contributed by atoms with Gasteiger partial charge in [0.25, 0.3) is 0 Å². The van der Waals surface area contributed by atoms with Crippen LogP contribution in [-0.4, -0.2) is 17.5 Å². The van der Waals surface area contributed by atoms with Crippen LogP contribution in [0.4, 0.5) is 0 Å². The normalized spacial score (nSPS) is 7.25. The zero-order valence-electron chi connectivity index (χ0n) is 3.81. The molecule has 0 aromatic carbocycles. The summed E-state index contributed by atoms with van der Waals surface area (Å²) in [6.07, 6.45) is 0. The molecule has 0 aromatic rings. The molecule has 0 aliphatic heterocycles. The first-order chi connectivity index (χ1) is 2.00. The van der Waals surface area contributed by atoms with Crippen molar-refractivity contribution >= 4 is 10.4 Å². The molecule has 0 spiro atoms. The van der Waals surface area contributed by atoms with Crippen molar-refractivity contribution in [2.75, 3.05) is 0 Å². The average Bonchev–Trinajstić information content (AvgIpc) is 0.722. The number of hydrogen-bond donors (Lipinski definition) is 3. The maximum absolute atomic E-state index is 8.63. The molecule has 58 valence electrons. The topological polar surface area (TPSA) is 147 Å². The molecule has 0 unspecified atom stereocenters. The van der Waals surface area contributed by atoms with Crippen molar-refractivity contribution in [1.82, 2.24) is 12.3 Å². The summed E-state index contributed by atoms with van der Waals surface area (Å²) in [5.74, 6) is 0. The molecule has 6 nitrogen and oxygen atoms in total. The Bertz CT molecular complexity index is 97.2. The zero-order chi connectivity index (χ0) is 4.50. The van der Waals surface area contributed by atoms with Gasteiger partial charge in [-0.1, -0.05) is 0 Å². The minimum atomic E-state index is -4.92. The van der Waals surface area contributed by atoms with Gasteiger partial charge in [0.15, 0.2) is 0 Å². The second-order valence-corrected chi connectivity index (χ2v) is 1.28. The standard InChI is InChI=1S/2H3N.H2O4S.Pt/c;;1-5(2,3)4;/h2*1H3;(H2,1,2,3,4);/p-1. The van der Waals surface area contributed by atoms with Gasteiger partial charge < -0.3 is 16.9 Å². The summed E-state index contributed by atoms with van der Waals surface area (Å²) in [5, 5.41) is 0. The molecule has 8 heavy (non-hydrogen) atoms. The van der Waals surface area contributed by atoms with Crippen LogP contribution in [0.25, 0.3) is 0 Å². The molecular weight excluding hydrogens is 319 g/mol. The van der Waals surface area contributed by atoms with Crippen LogP contribution in [0.2, 0.25) is 0 Å². The van der Waals surface area contributed by atoms with Crippen molar-refractivity contribution in [1.29, 1.82) is 0 Å². The van der Waals surface area contributed by atoms with Crippen LogP contribution in [0.15, 0.2) is 0 Å². The number of hydrogen-bond acceptors (Lipinski definition) is 5. The average molecular weight is 326 g/mol. The summed E-state index contributed by atoms with van der Waals surface area (Å²) in [5.41, 5.74) is 0. The molecular formula is H7N2O4PtS-. The van der Waals surface area contributed by atoms with Crippen LogP contribution < -0.4 is 12.3 Å². The van der Waals surface area contributed by atoms with Gasteiger partial charge in [0.05, 0.1) is 0 Å². The van der Waals surface area contributed by atoms with E-state index in [1.807, 2.05) is 0 Å². The van der Waals surface area contributed by atoms with Gasteiger partial charge in [0, 0.05) is 21.1 Å². The summed E-state index contributed by atoms with van der Waals surface area (Å²) in [7, 11) is -4.92. The molecule has 0 radical (unpaired) electrons. The first-order valence-electron chi connectivity index (χ1n) is 0.683. The molecule has 8 heteroatoms. The van der Waals surface area contributed by atoms with E-state index in [2.05, 4.69) is 0 Å². The van der Waals surface area contributed by atoms with Crippen molar-refractivity contribution in [3.63, 3.8) is 0 Å². The zero-order valence-corrected chi connectivity index (χ0v) is 6.90. The predicted octanol–water partition coefficient (Wildman–Crippen LogP) is -0.674. The van der Waals surface area contributed by atoms with Crippen LogP contribution in [-0.2, 0) is 31.5 Å². The first kappa shape index (κ1) is 23.6. The Kier molecular flexibility index (Phi) is 22.1. The Morgan fingerprint density at radius 2 is 1.25 bits per heavy atom. The van der Waals surface area contributed by atoms with E-state index >= 15 is 0 Å². The molecule has 0 aliphatic rings. The molecule has 0 aliphatic carbocycles. The second kappa shape index (κ2) is 7.48. The van der Waals surface area contributed by atoms with Crippen molar-refractivity contribution in [2.24, 2.45) is 0 Å². The molecule has 0 atom stereocenters. The molecule has 7 N–H and O–H groups in total. The maximum atomic E-state index is 8.63. The molecule has 0 rings (SSSR count). The summed E-state index contributed by atoms with van der Waals surface area (Å²) < 4.78 is 32.8. The minimum absolute atomic E-state index is 0. The van der Waals surface area contributed by atoms with E-state index in [1.165, 1.54) is 0 Å². The Hall–Kier alpha value is 0.478. The fraction of sp³-hybridized carbons (Fsp3) is 0. The van der Waals surface area contributed by atoms with Gasteiger partial charge in [0.2, 0.25) is 10.4 Å². The third kappa shape index (κ3) is 850. The maximum Gasteiger partial charge on any atom is 0.215 e. The molecule has 0 saturated heterocycles. The summed E-state index contributed by atoms with van der Waals surface area (Å²) in [6.45, 7) is 0. The van der Waals surface area contributed by atoms with Gasteiger partial charge in [-0.2, -0.15) is 0 Å². The van der Waals surface area contributed by atoms with Crippen molar-refractivity contribution in [3.05, 3.63) is 0 Å². The van der Waals surface area contributed by atoms with E-state index in [1.54, 1.807) is 0 Å². The molecule has 0 aromatic heterocycles. The summed E-state index contributed by atoms with van der Waals surface area (Å²) in [6, 6.07) is 0. The minimum Gasteiger partial charge on any atom is -0.726 e. The summed E-state index contributed by atoms with van der Waals surface area (Å²) >= 11 is 0. The van der Waals surface area contributed by atoms with Crippen molar-refractivity contribution in [2.45, 2.75) is 0 Å². The largest absolute Gasteiger partial charge is 0.726 e. The molecule has 0 saturated carbocycles. The van der Waals surface area contributed by atoms with Gasteiger partial charge >= 0.3 is 0 Å². The molecule has 0 bridgehead atoms. The fourth-order valence-electron chi connectivity index (χ4n) is 0. The van der Waals surface area contributed by atoms with Crippen LogP contribution in [0.3, 0.4) is 0 Å². The van der Waals surface area contributed by atoms with Gasteiger partial charge in [-0.05, 0) is 0 Å². The van der Waals surface area contributed by atoms with Crippen LogP contribution >= 0.6 is 0 Å². The van der Waals surface area contributed by atoms with Crippen molar-refractivity contribution in [3.8, 4) is 0 Å². The van der Waals surface area contributed by atoms with E-state index < -0.39 is 10.4 Å². The SMILES string of the molecule is N.N.O=S(=O)([O-])O.[Pt]. The molecule has 0 amide bonds. The summed E-state index contributed by atoms with van der Waals surface area (Å²) in [4.78, 5) is 0. The quantitative estimate of drug-likeness (QED) is 0.397.